The fourth-order valence-electron chi connectivity index (χ4n) is 4.38. The van der Waals surface area contributed by atoms with E-state index < -0.39 is 36.7 Å². The van der Waals surface area contributed by atoms with Crippen LogP contribution in [0.5, 0.6) is 0 Å². The van der Waals surface area contributed by atoms with Gasteiger partial charge in [-0.25, -0.2) is 0 Å². The van der Waals surface area contributed by atoms with Crippen molar-refractivity contribution in [1.29, 1.82) is 0 Å². The van der Waals surface area contributed by atoms with Crippen LogP contribution in [-0.2, 0) is 53.0 Å². The molecule has 0 N–H and O–H groups in total. The van der Waals surface area contributed by atoms with E-state index in [1.807, 2.05) is 91.0 Å². The van der Waals surface area contributed by atoms with E-state index >= 15 is 0 Å². The molecule has 0 aromatic heterocycles. The summed E-state index contributed by atoms with van der Waals surface area (Å²) in [6.45, 7) is 6.34. The molecule has 0 saturated carbocycles. The second-order valence-corrected chi connectivity index (χ2v) is 9.25. The number of benzene rings is 3. The van der Waals surface area contributed by atoms with Gasteiger partial charge in [-0.2, -0.15) is 0 Å². The van der Waals surface area contributed by atoms with Crippen LogP contribution in [0.4, 0.5) is 0 Å². The quantitative estimate of drug-likeness (QED) is 0.208. The minimum Gasteiger partial charge on any atom is -0.463 e. The maximum absolute atomic E-state index is 11.7. The Kier molecular flexibility index (Phi) is 11.3. The molecule has 0 bridgehead atoms. The Morgan fingerprint density at radius 1 is 0.718 bits per heavy atom. The van der Waals surface area contributed by atoms with Crippen LogP contribution in [0.15, 0.2) is 104 Å². The third-order valence-corrected chi connectivity index (χ3v) is 6.28. The van der Waals surface area contributed by atoms with Crippen LogP contribution in [0, 0.1) is 0 Å². The second-order valence-electron chi connectivity index (χ2n) is 9.25. The molecular weight excluding hydrogens is 496 g/mol. The Morgan fingerprint density at radius 3 is 1.64 bits per heavy atom. The average Bonchev–Trinajstić information content (AvgIpc) is 2.97. The van der Waals surface area contributed by atoms with Gasteiger partial charge >= 0.3 is 5.97 Å². The largest absolute Gasteiger partial charge is 0.463 e. The van der Waals surface area contributed by atoms with E-state index in [1.54, 1.807) is 6.08 Å². The lowest BCUT2D eigenvalue weighted by molar-refractivity contribution is -0.325. The molecule has 0 unspecified atom stereocenters. The van der Waals surface area contributed by atoms with Crippen LogP contribution >= 0.6 is 0 Å². The Hall–Kier alpha value is -3.33. The van der Waals surface area contributed by atoms with Crippen LogP contribution in [0.1, 0.15) is 23.6 Å². The standard InChI is InChI=1S/C32H36O7/c1-3-19-34-32-31(38-22-27-17-11-6-12-18-27)30(37-21-26-15-9-5-10-16-26)29(28(39-32)23-35-24(2)33)36-20-25-13-7-4-8-14-25/h3-18,28-32H,1,19-23H2,2H3/t28-,29-,30+,31+,32+/m1/s1. The van der Waals surface area contributed by atoms with Crippen molar-refractivity contribution in [2.24, 2.45) is 0 Å². The topological polar surface area (TPSA) is 72.5 Å². The highest BCUT2D eigenvalue weighted by molar-refractivity contribution is 5.65. The van der Waals surface area contributed by atoms with Gasteiger partial charge in [-0.15, -0.1) is 6.58 Å². The highest BCUT2D eigenvalue weighted by Gasteiger charge is 2.49. The number of carbonyl (C=O) groups excluding carboxylic acids is 1. The SMILES string of the molecule is C=CCO[C@H]1O[C@H](COC(C)=O)[C@@H](OCc2ccccc2)[C@H](OCc2ccccc2)[C@@H]1OCc1ccccc1. The van der Waals surface area contributed by atoms with Gasteiger partial charge in [0.15, 0.2) is 6.29 Å². The first-order valence-electron chi connectivity index (χ1n) is 13.1. The molecule has 1 fully saturated rings. The summed E-state index contributed by atoms with van der Waals surface area (Å²) in [4.78, 5) is 11.7. The van der Waals surface area contributed by atoms with Crippen molar-refractivity contribution in [2.75, 3.05) is 13.2 Å². The summed E-state index contributed by atoms with van der Waals surface area (Å²) in [6, 6.07) is 29.6. The lowest BCUT2D eigenvalue weighted by Crippen LogP contribution is -2.61. The van der Waals surface area contributed by atoms with E-state index in [9.17, 15) is 4.79 Å². The monoisotopic (exact) mass is 532 g/mol. The summed E-state index contributed by atoms with van der Waals surface area (Å²) < 4.78 is 37.2. The molecule has 1 aliphatic rings. The van der Waals surface area contributed by atoms with Crippen molar-refractivity contribution < 1.29 is 33.2 Å². The van der Waals surface area contributed by atoms with Gasteiger partial charge in [-0.05, 0) is 16.7 Å². The van der Waals surface area contributed by atoms with Crippen molar-refractivity contribution >= 4 is 5.97 Å². The van der Waals surface area contributed by atoms with Crippen LogP contribution in [-0.4, -0.2) is 49.9 Å². The maximum Gasteiger partial charge on any atom is 0.302 e. The molecule has 1 saturated heterocycles. The molecule has 3 aromatic carbocycles. The lowest BCUT2D eigenvalue weighted by Gasteiger charge is -2.45. The van der Waals surface area contributed by atoms with E-state index in [4.69, 9.17) is 28.4 Å². The molecule has 0 spiro atoms. The molecule has 3 aromatic rings. The van der Waals surface area contributed by atoms with Crippen LogP contribution in [0.25, 0.3) is 0 Å². The number of esters is 1. The number of rotatable bonds is 14. The third-order valence-electron chi connectivity index (χ3n) is 6.28. The summed E-state index contributed by atoms with van der Waals surface area (Å²) in [5.74, 6) is -0.409. The van der Waals surface area contributed by atoms with E-state index in [0.717, 1.165) is 16.7 Å². The Morgan fingerprint density at radius 2 is 1.18 bits per heavy atom. The van der Waals surface area contributed by atoms with E-state index in [0.29, 0.717) is 19.8 Å². The molecule has 5 atom stereocenters. The van der Waals surface area contributed by atoms with Crippen molar-refractivity contribution in [3.8, 4) is 0 Å². The minimum atomic E-state index is -0.801. The highest BCUT2D eigenvalue weighted by Crippen LogP contribution is 2.31. The maximum atomic E-state index is 11.7. The van der Waals surface area contributed by atoms with E-state index in [1.165, 1.54) is 6.92 Å². The Labute approximate surface area is 230 Å². The molecule has 7 heteroatoms. The predicted molar refractivity (Wildman–Crippen MR) is 146 cm³/mol. The lowest BCUT2D eigenvalue weighted by atomic mass is 9.97. The summed E-state index contributed by atoms with van der Waals surface area (Å²) >= 11 is 0. The predicted octanol–water partition coefficient (Wildman–Crippen LogP) is 5.23. The molecule has 0 amide bonds. The normalized spacial score (nSPS) is 22.7. The molecule has 4 rings (SSSR count). The molecule has 0 radical (unpaired) electrons. The van der Waals surface area contributed by atoms with Gasteiger partial charge in [-0.3, -0.25) is 4.79 Å². The fourth-order valence-corrected chi connectivity index (χ4v) is 4.38. The van der Waals surface area contributed by atoms with E-state index in [2.05, 4.69) is 6.58 Å². The Balaban J connectivity index is 1.63. The first kappa shape index (κ1) is 28.7. The number of hydrogen-bond acceptors (Lipinski definition) is 7. The zero-order valence-electron chi connectivity index (χ0n) is 22.2. The number of hydrogen-bond donors (Lipinski definition) is 0. The van der Waals surface area contributed by atoms with Crippen molar-refractivity contribution in [2.45, 2.75) is 57.5 Å². The minimum absolute atomic E-state index is 0.0145. The zero-order chi connectivity index (χ0) is 27.3. The van der Waals surface area contributed by atoms with Gasteiger partial charge in [0.05, 0.1) is 26.4 Å². The van der Waals surface area contributed by atoms with Gasteiger partial charge < -0.3 is 28.4 Å². The van der Waals surface area contributed by atoms with Crippen LogP contribution < -0.4 is 0 Å². The summed E-state index contributed by atoms with van der Waals surface area (Å²) in [5, 5.41) is 0. The Bertz CT molecular complexity index is 1120. The highest BCUT2D eigenvalue weighted by atomic mass is 16.7. The smallest absolute Gasteiger partial charge is 0.302 e. The van der Waals surface area contributed by atoms with Gasteiger partial charge in [-0.1, -0.05) is 97.1 Å². The van der Waals surface area contributed by atoms with Gasteiger partial charge in [0.25, 0.3) is 0 Å². The second kappa shape index (κ2) is 15.3. The first-order valence-corrected chi connectivity index (χ1v) is 13.1. The van der Waals surface area contributed by atoms with Crippen molar-refractivity contribution in [3.63, 3.8) is 0 Å². The third kappa shape index (κ3) is 8.85. The molecule has 7 nitrogen and oxygen atoms in total. The molecule has 206 valence electrons. The average molecular weight is 533 g/mol. The van der Waals surface area contributed by atoms with Crippen molar-refractivity contribution in [3.05, 3.63) is 120 Å². The number of ether oxygens (including phenoxy) is 6. The van der Waals surface area contributed by atoms with Crippen molar-refractivity contribution in [1.82, 2.24) is 0 Å². The molecule has 0 aliphatic carbocycles. The molecular formula is C32H36O7. The summed E-state index contributed by atoms with van der Waals surface area (Å²) in [6.07, 6.45) is -1.65. The van der Waals surface area contributed by atoms with Crippen LogP contribution in [0.3, 0.4) is 0 Å². The van der Waals surface area contributed by atoms with Crippen LogP contribution in [0.2, 0.25) is 0 Å². The molecule has 39 heavy (non-hydrogen) atoms. The number of carbonyl (C=O) groups is 1. The van der Waals surface area contributed by atoms with Gasteiger partial charge in [0.1, 0.15) is 31.0 Å². The van der Waals surface area contributed by atoms with Gasteiger partial charge in [0, 0.05) is 6.92 Å². The first-order chi connectivity index (χ1) is 19.1. The molecule has 1 aliphatic heterocycles. The van der Waals surface area contributed by atoms with Gasteiger partial charge in [0.2, 0.25) is 0 Å². The molecule has 1 heterocycles. The summed E-state index contributed by atoms with van der Waals surface area (Å²) in [5.41, 5.74) is 3.01. The van der Waals surface area contributed by atoms with E-state index in [-0.39, 0.29) is 13.2 Å². The fraction of sp³-hybridized carbons (Fsp3) is 0.344. The summed E-state index contributed by atoms with van der Waals surface area (Å²) in [7, 11) is 0. The zero-order valence-corrected chi connectivity index (χ0v) is 22.2.